The zero-order chi connectivity index (χ0) is 20.6. The number of nitrogens with zero attached hydrogens (tertiary/aromatic N) is 1. The molecule has 5 nitrogen and oxygen atoms in total. The van der Waals surface area contributed by atoms with Crippen molar-refractivity contribution >= 4 is 34.8 Å². The molecule has 0 unspecified atom stereocenters. The summed E-state index contributed by atoms with van der Waals surface area (Å²) in [6.07, 6.45) is 0.271. The van der Waals surface area contributed by atoms with Crippen LogP contribution < -0.4 is 10.7 Å². The number of carbonyl (C=O) groups excluding carboxylic acids is 2. The van der Waals surface area contributed by atoms with Gasteiger partial charge in [-0.3, -0.25) is 9.59 Å². The quantitative estimate of drug-likeness (QED) is 0.462. The lowest BCUT2D eigenvalue weighted by Crippen LogP contribution is -2.21. The monoisotopic (exact) mass is 405 g/mol. The molecule has 3 aromatic rings. The normalized spacial score (nSPS) is 11.0. The second-order valence-corrected chi connectivity index (χ2v) is 6.87. The highest BCUT2D eigenvalue weighted by molar-refractivity contribution is 6.30. The molecule has 0 saturated heterocycles. The highest BCUT2D eigenvalue weighted by Crippen LogP contribution is 2.14. The number of nitrogens with one attached hydrogen (secondary N) is 2. The van der Waals surface area contributed by atoms with Crippen LogP contribution in [0.1, 0.15) is 28.4 Å². The summed E-state index contributed by atoms with van der Waals surface area (Å²) < 4.78 is 0. The molecule has 0 heterocycles. The van der Waals surface area contributed by atoms with Crippen molar-refractivity contribution in [3.05, 3.63) is 101 Å². The lowest BCUT2D eigenvalue weighted by Gasteiger charge is -2.07. The van der Waals surface area contributed by atoms with Crippen molar-refractivity contribution in [2.24, 2.45) is 5.10 Å². The van der Waals surface area contributed by atoms with E-state index in [2.05, 4.69) is 15.8 Å². The summed E-state index contributed by atoms with van der Waals surface area (Å²) in [6.45, 7) is 1.81. The number of benzene rings is 3. The number of halogens is 1. The first-order chi connectivity index (χ1) is 14.0. The van der Waals surface area contributed by atoms with Crippen LogP contribution in [0.3, 0.4) is 0 Å². The van der Waals surface area contributed by atoms with Crippen LogP contribution in [0.2, 0.25) is 5.02 Å². The van der Waals surface area contributed by atoms with E-state index in [0.717, 1.165) is 11.1 Å². The SMILES string of the molecule is C/C(=N/NC(=O)Cc1ccccc1)c1ccc(NC(=O)c2ccc(Cl)cc2)cc1. The van der Waals surface area contributed by atoms with Gasteiger partial charge in [0.25, 0.3) is 5.91 Å². The van der Waals surface area contributed by atoms with Gasteiger partial charge in [0.1, 0.15) is 0 Å². The predicted octanol–water partition coefficient (Wildman–Crippen LogP) is 4.68. The molecule has 6 heteroatoms. The fraction of sp³-hybridized carbons (Fsp3) is 0.0870. The summed E-state index contributed by atoms with van der Waals surface area (Å²) in [4.78, 5) is 24.3. The molecule has 146 valence electrons. The zero-order valence-corrected chi connectivity index (χ0v) is 16.6. The number of anilines is 1. The zero-order valence-electron chi connectivity index (χ0n) is 15.9. The van der Waals surface area contributed by atoms with Crippen molar-refractivity contribution < 1.29 is 9.59 Å². The molecule has 2 N–H and O–H groups in total. The molecule has 2 amide bonds. The van der Waals surface area contributed by atoms with E-state index in [4.69, 9.17) is 11.6 Å². The topological polar surface area (TPSA) is 70.6 Å². The van der Waals surface area contributed by atoms with Crippen molar-refractivity contribution in [3.63, 3.8) is 0 Å². The molecule has 3 rings (SSSR count). The van der Waals surface area contributed by atoms with E-state index in [1.165, 1.54) is 0 Å². The number of hydrogen-bond acceptors (Lipinski definition) is 3. The van der Waals surface area contributed by atoms with Crippen LogP contribution in [-0.2, 0) is 11.2 Å². The lowest BCUT2D eigenvalue weighted by molar-refractivity contribution is -0.120. The Kier molecular flexibility index (Phi) is 6.76. The summed E-state index contributed by atoms with van der Waals surface area (Å²) in [5.41, 5.74) is 6.20. The van der Waals surface area contributed by atoms with Crippen LogP contribution in [0, 0.1) is 0 Å². The number of amides is 2. The molecule has 0 spiro atoms. The Morgan fingerprint density at radius 1 is 0.862 bits per heavy atom. The Balaban J connectivity index is 1.57. The Morgan fingerprint density at radius 3 is 2.14 bits per heavy atom. The number of hydrogen-bond donors (Lipinski definition) is 2. The van der Waals surface area contributed by atoms with Crippen LogP contribution in [0.4, 0.5) is 5.69 Å². The van der Waals surface area contributed by atoms with Crippen LogP contribution in [0.5, 0.6) is 0 Å². The van der Waals surface area contributed by atoms with E-state index in [-0.39, 0.29) is 18.2 Å². The van der Waals surface area contributed by atoms with Gasteiger partial charge in [0.05, 0.1) is 12.1 Å². The standard InChI is InChI=1S/C23H20ClN3O2/c1-16(26-27-22(28)15-17-5-3-2-4-6-17)18-9-13-21(14-10-18)25-23(29)19-7-11-20(24)12-8-19/h2-14H,15H2,1H3,(H,25,29)(H,27,28)/b26-16-. The van der Waals surface area contributed by atoms with Crippen LogP contribution in [-0.4, -0.2) is 17.5 Å². The van der Waals surface area contributed by atoms with Gasteiger partial charge < -0.3 is 5.32 Å². The Hall–Kier alpha value is -3.44. The third-order valence-electron chi connectivity index (χ3n) is 4.22. The van der Waals surface area contributed by atoms with E-state index in [1.54, 1.807) is 36.4 Å². The molecule has 0 bridgehead atoms. The van der Waals surface area contributed by atoms with E-state index in [1.807, 2.05) is 49.4 Å². The minimum absolute atomic E-state index is 0.178. The van der Waals surface area contributed by atoms with Crippen molar-refractivity contribution in [1.29, 1.82) is 0 Å². The van der Waals surface area contributed by atoms with Crippen LogP contribution >= 0.6 is 11.6 Å². The van der Waals surface area contributed by atoms with Gasteiger partial charge in [-0.1, -0.05) is 54.1 Å². The summed E-state index contributed by atoms with van der Waals surface area (Å²) in [6, 6.07) is 23.4. The van der Waals surface area contributed by atoms with E-state index in [9.17, 15) is 9.59 Å². The maximum atomic E-state index is 12.2. The van der Waals surface area contributed by atoms with Gasteiger partial charge in [-0.05, 0) is 54.4 Å². The first kappa shape index (κ1) is 20.3. The molecule has 0 aromatic heterocycles. The fourth-order valence-corrected chi connectivity index (χ4v) is 2.76. The Bertz CT molecular complexity index is 1010. The van der Waals surface area contributed by atoms with Crippen molar-refractivity contribution in [2.75, 3.05) is 5.32 Å². The molecule has 0 aliphatic carbocycles. The molecule has 29 heavy (non-hydrogen) atoms. The molecule has 3 aromatic carbocycles. The van der Waals surface area contributed by atoms with Gasteiger partial charge >= 0.3 is 0 Å². The first-order valence-corrected chi connectivity index (χ1v) is 9.43. The molecule has 0 fully saturated rings. The van der Waals surface area contributed by atoms with Crippen molar-refractivity contribution in [2.45, 2.75) is 13.3 Å². The average molecular weight is 406 g/mol. The lowest BCUT2D eigenvalue weighted by atomic mass is 10.1. The molecule has 0 saturated carbocycles. The number of rotatable bonds is 6. The third-order valence-corrected chi connectivity index (χ3v) is 4.47. The summed E-state index contributed by atoms with van der Waals surface area (Å²) in [7, 11) is 0. The molecular weight excluding hydrogens is 386 g/mol. The second kappa shape index (κ2) is 9.66. The van der Waals surface area contributed by atoms with Gasteiger partial charge in [0.15, 0.2) is 0 Å². The molecule has 0 atom stereocenters. The predicted molar refractivity (Wildman–Crippen MR) is 116 cm³/mol. The summed E-state index contributed by atoms with van der Waals surface area (Å²) in [5.74, 6) is -0.393. The van der Waals surface area contributed by atoms with Crippen LogP contribution in [0.15, 0.2) is 84.0 Å². The largest absolute Gasteiger partial charge is 0.322 e. The maximum Gasteiger partial charge on any atom is 0.255 e. The highest BCUT2D eigenvalue weighted by atomic mass is 35.5. The van der Waals surface area contributed by atoms with Gasteiger partial charge in [-0.25, -0.2) is 5.43 Å². The summed E-state index contributed by atoms with van der Waals surface area (Å²) in [5, 5.41) is 7.56. The maximum absolute atomic E-state index is 12.2. The fourth-order valence-electron chi connectivity index (χ4n) is 2.63. The van der Waals surface area contributed by atoms with Gasteiger partial charge in [0.2, 0.25) is 5.91 Å². The molecule has 0 aliphatic heterocycles. The molecule has 0 radical (unpaired) electrons. The number of hydrazone groups is 1. The van der Waals surface area contributed by atoms with Gasteiger partial charge in [0, 0.05) is 16.3 Å². The smallest absolute Gasteiger partial charge is 0.255 e. The first-order valence-electron chi connectivity index (χ1n) is 9.05. The minimum atomic E-state index is -0.215. The minimum Gasteiger partial charge on any atom is -0.322 e. The van der Waals surface area contributed by atoms with E-state index < -0.39 is 0 Å². The Morgan fingerprint density at radius 2 is 1.48 bits per heavy atom. The molecule has 0 aliphatic rings. The highest BCUT2D eigenvalue weighted by Gasteiger charge is 2.07. The van der Waals surface area contributed by atoms with Crippen molar-refractivity contribution in [3.8, 4) is 0 Å². The van der Waals surface area contributed by atoms with Gasteiger partial charge in [-0.2, -0.15) is 5.10 Å². The third kappa shape index (κ3) is 6.02. The van der Waals surface area contributed by atoms with E-state index in [0.29, 0.717) is 22.0 Å². The van der Waals surface area contributed by atoms with E-state index >= 15 is 0 Å². The van der Waals surface area contributed by atoms with Crippen LogP contribution in [0.25, 0.3) is 0 Å². The summed E-state index contributed by atoms with van der Waals surface area (Å²) >= 11 is 5.84. The average Bonchev–Trinajstić information content (AvgIpc) is 2.74. The second-order valence-electron chi connectivity index (χ2n) is 6.43. The van der Waals surface area contributed by atoms with Gasteiger partial charge in [-0.15, -0.1) is 0 Å². The number of carbonyl (C=O) groups is 2. The van der Waals surface area contributed by atoms with Crippen molar-refractivity contribution in [1.82, 2.24) is 5.43 Å². The Labute approximate surface area is 174 Å². The molecular formula is C23H20ClN3O2.